The molecule has 0 aliphatic rings. The molecule has 10 heteroatoms. The zero-order valence-electron chi connectivity index (χ0n) is 14.9. The molecule has 0 fully saturated rings. The van der Waals surface area contributed by atoms with Gasteiger partial charge in [0.25, 0.3) is 5.56 Å². The maximum atomic E-state index is 13.6. The molecule has 7 nitrogen and oxygen atoms in total. The van der Waals surface area contributed by atoms with Crippen molar-refractivity contribution in [2.24, 2.45) is 0 Å². The summed E-state index contributed by atoms with van der Waals surface area (Å²) >= 11 is 2.31. The fourth-order valence-electron chi connectivity index (χ4n) is 2.56. The van der Waals surface area contributed by atoms with E-state index in [9.17, 15) is 14.0 Å². The summed E-state index contributed by atoms with van der Waals surface area (Å²) < 4.78 is 15.3. The molecule has 2 heterocycles. The van der Waals surface area contributed by atoms with E-state index >= 15 is 0 Å². The van der Waals surface area contributed by atoms with Gasteiger partial charge in [0.05, 0.1) is 11.4 Å². The number of carbonyl (C=O) groups is 1. The number of rotatable bonds is 6. The number of hydrogen-bond acceptors (Lipinski definition) is 7. The zero-order chi connectivity index (χ0) is 20.2. The highest BCUT2D eigenvalue weighted by molar-refractivity contribution is 8.01. The first kappa shape index (κ1) is 19.2. The molecule has 0 saturated carbocycles. The van der Waals surface area contributed by atoms with Crippen molar-refractivity contribution in [1.29, 1.82) is 0 Å². The average Bonchev–Trinajstić information content (AvgIpc) is 3.15. The van der Waals surface area contributed by atoms with Gasteiger partial charge in [0.1, 0.15) is 11.5 Å². The van der Waals surface area contributed by atoms with E-state index in [2.05, 4.69) is 20.6 Å². The normalized spacial score (nSPS) is 10.9. The fraction of sp³-hybridized carbons (Fsp3) is 0.105. The number of thioether (sulfide) groups is 1. The third-order valence-corrected chi connectivity index (χ3v) is 5.96. The Balaban J connectivity index is 1.46. The van der Waals surface area contributed by atoms with Crippen molar-refractivity contribution in [3.05, 3.63) is 82.0 Å². The van der Waals surface area contributed by atoms with Crippen molar-refractivity contribution in [2.45, 2.75) is 10.8 Å². The summed E-state index contributed by atoms with van der Waals surface area (Å²) in [5.41, 5.74) is 1.04. The Hall–Kier alpha value is -3.11. The van der Waals surface area contributed by atoms with Crippen molar-refractivity contribution >= 4 is 39.7 Å². The first-order valence-corrected chi connectivity index (χ1v) is 10.4. The third kappa shape index (κ3) is 4.49. The summed E-state index contributed by atoms with van der Waals surface area (Å²) in [5, 5.41) is 14.9. The SMILES string of the molecule is O=C(CSc1nn2c(=O)c(Cc3ccccc3)nnc2s1)Nc1ccccc1F. The standard InChI is InChI=1S/C19H14FN5O2S2/c20-13-8-4-5-9-14(13)21-16(26)11-28-19-24-25-17(27)15(22-23-18(25)29-19)10-12-6-2-1-3-7-12/h1-9H,10-11H2,(H,21,26). The van der Waals surface area contributed by atoms with Crippen molar-refractivity contribution in [1.82, 2.24) is 19.8 Å². The van der Waals surface area contributed by atoms with E-state index < -0.39 is 5.82 Å². The molecule has 4 aromatic rings. The van der Waals surface area contributed by atoms with E-state index in [1.165, 1.54) is 28.0 Å². The number of aromatic nitrogens is 4. The molecule has 0 bridgehead atoms. The van der Waals surface area contributed by atoms with Crippen LogP contribution in [0.4, 0.5) is 10.1 Å². The number of anilines is 1. The van der Waals surface area contributed by atoms with Crippen molar-refractivity contribution in [3.8, 4) is 0 Å². The minimum atomic E-state index is -0.501. The predicted molar refractivity (Wildman–Crippen MR) is 110 cm³/mol. The maximum Gasteiger partial charge on any atom is 0.297 e. The molecule has 2 aromatic heterocycles. The fourth-order valence-corrected chi connectivity index (χ4v) is 4.24. The van der Waals surface area contributed by atoms with Crippen molar-refractivity contribution in [2.75, 3.05) is 11.1 Å². The van der Waals surface area contributed by atoms with Crippen LogP contribution in [0.5, 0.6) is 0 Å². The summed E-state index contributed by atoms with van der Waals surface area (Å²) in [7, 11) is 0. The smallest absolute Gasteiger partial charge is 0.297 e. The Morgan fingerprint density at radius 3 is 2.66 bits per heavy atom. The molecule has 1 N–H and O–H groups in total. The molecular formula is C19H14FN5O2S2. The molecule has 0 saturated heterocycles. The number of nitrogens with zero attached hydrogens (tertiary/aromatic N) is 4. The topological polar surface area (TPSA) is 89.3 Å². The Kier molecular flexibility index (Phi) is 5.63. The van der Waals surface area contributed by atoms with Crippen LogP contribution in [0.15, 0.2) is 63.7 Å². The Morgan fingerprint density at radius 1 is 1.10 bits per heavy atom. The van der Waals surface area contributed by atoms with E-state index in [4.69, 9.17) is 0 Å². The number of carbonyl (C=O) groups excluding carboxylic acids is 1. The molecule has 0 radical (unpaired) electrons. The minimum absolute atomic E-state index is 0.0210. The van der Waals surface area contributed by atoms with Gasteiger partial charge in [0.2, 0.25) is 10.9 Å². The van der Waals surface area contributed by atoms with Crippen LogP contribution in [0, 0.1) is 5.82 Å². The molecule has 146 valence electrons. The van der Waals surface area contributed by atoms with Crippen LogP contribution in [-0.4, -0.2) is 31.5 Å². The van der Waals surface area contributed by atoms with E-state index in [1.54, 1.807) is 12.1 Å². The van der Waals surface area contributed by atoms with Gasteiger partial charge in [-0.05, 0) is 17.7 Å². The maximum absolute atomic E-state index is 13.6. The third-order valence-electron chi connectivity index (χ3n) is 3.93. The van der Waals surface area contributed by atoms with Gasteiger partial charge in [-0.25, -0.2) is 4.39 Å². The second kappa shape index (κ2) is 8.50. The van der Waals surface area contributed by atoms with Crippen LogP contribution >= 0.6 is 23.1 Å². The minimum Gasteiger partial charge on any atom is -0.323 e. The van der Waals surface area contributed by atoms with Crippen molar-refractivity contribution in [3.63, 3.8) is 0 Å². The molecule has 29 heavy (non-hydrogen) atoms. The van der Waals surface area contributed by atoms with Gasteiger partial charge in [-0.15, -0.1) is 15.3 Å². The number of fused-ring (bicyclic) bond motifs is 1. The van der Waals surface area contributed by atoms with Gasteiger partial charge >= 0.3 is 0 Å². The highest BCUT2D eigenvalue weighted by atomic mass is 32.2. The van der Waals surface area contributed by atoms with Crippen LogP contribution in [0.2, 0.25) is 0 Å². The number of hydrogen-bond donors (Lipinski definition) is 1. The summed E-state index contributed by atoms with van der Waals surface area (Å²) in [4.78, 5) is 25.0. The molecule has 0 aliphatic carbocycles. The van der Waals surface area contributed by atoms with Gasteiger partial charge in [0.15, 0.2) is 4.34 Å². The molecule has 2 aromatic carbocycles. The monoisotopic (exact) mass is 427 g/mol. The van der Waals surface area contributed by atoms with Crippen LogP contribution < -0.4 is 10.9 Å². The van der Waals surface area contributed by atoms with Gasteiger partial charge < -0.3 is 5.32 Å². The highest BCUT2D eigenvalue weighted by Gasteiger charge is 2.14. The van der Waals surface area contributed by atoms with E-state index in [1.807, 2.05) is 30.3 Å². The van der Waals surface area contributed by atoms with Gasteiger partial charge in [-0.3, -0.25) is 9.59 Å². The molecule has 0 spiro atoms. The molecule has 0 unspecified atom stereocenters. The number of para-hydroxylation sites is 1. The average molecular weight is 427 g/mol. The summed E-state index contributed by atoms with van der Waals surface area (Å²) in [6, 6.07) is 15.4. The Labute approximate surface area is 172 Å². The molecule has 1 amide bonds. The second-order valence-electron chi connectivity index (χ2n) is 5.99. The zero-order valence-corrected chi connectivity index (χ0v) is 16.5. The summed E-state index contributed by atoms with van der Waals surface area (Å²) in [5.74, 6) is -0.853. The summed E-state index contributed by atoms with van der Waals surface area (Å²) in [6.45, 7) is 0. The molecule has 4 rings (SSSR count). The summed E-state index contributed by atoms with van der Waals surface area (Å²) in [6.07, 6.45) is 0.362. The van der Waals surface area contributed by atoms with Gasteiger partial charge in [-0.2, -0.15) is 4.52 Å². The Morgan fingerprint density at radius 2 is 1.86 bits per heavy atom. The van der Waals surface area contributed by atoms with Gasteiger partial charge in [-0.1, -0.05) is 65.6 Å². The number of amides is 1. The van der Waals surface area contributed by atoms with Crippen LogP contribution in [0.25, 0.3) is 4.96 Å². The lowest BCUT2D eigenvalue weighted by molar-refractivity contribution is -0.113. The van der Waals surface area contributed by atoms with Crippen LogP contribution in [0.3, 0.4) is 0 Å². The van der Waals surface area contributed by atoms with E-state index in [-0.39, 0.29) is 22.9 Å². The largest absolute Gasteiger partial charge is 0.323 e. The van der Waals surface area contributed by atoms with E-state index in [0.717, 1.165) is 17.3 Å². The lowest BCUT2D eigenvalue weighted by atomic mass is 10.1. The number of nitrogens with one attached hydrogen (secondary N) is 1. The van der Waals surface area contributed by atoms with Crippen LogP contribution in [-0.2, 0) is 11.2 Å². The molecular weight excluding hydrogens is 413 g/mol. The van der Waals surface area contributed by atoms with Crippen LogP contribution in [0.1, 0.15) is 11.3 Å². The number of benzene rings is 2. The molecule has 0 atom stereocenters. The Bertz CT molecular complexity index is 1230. The first-order chi connectivity index (χ1) is 14.1. The predicted octanol–water partition coefficient (Wildman–Crippen LogP) is 3.01. The lowest BCUT2D eigenvalue weighted by Crippen LogP contribution is -2.22. The lowest BCUT2D eigenvalue weighted by Gasteiger charge is -2.04. The highest BCUT2D eigenvalue weighted by Crippen LogP contribution is 2.23. The second-order valence-corrected chi connectivity index (χ2v) is 8.17. The van der Waals surface area contributed by atoms with E-state index in [0.29, 0.717) is 21.4 Å². The molecule has 0 aliphatic heterocycles. The number of halogens is 1. The quantitative estimate of drug-likeness (QED) is 0.476. The first-order valence-electron chi connectivity index (χ1n) is 8.57. The van der Waals surface area contributed by atoms with Gasteiger partial charge in [0, 0.05) is 6.42 Å². The van der Waals surface area contributed by atoms with Crippen molar-refractivity contribution < 1.29 is 9.18 Å².